The lowest BCUT2D eigenvalue weighted by atomic mass is 10.0. The fourth-order valence-electron chi connectivity index (χ4n) is 3.14. The molecule has 0 radical (unpaired) electrons. The van der Waals surface area contributed by atoms with E-state index >= 15 is 0 Å². The summed E-state index contributed by atoms with van der Waals surface area (Å²) in [7, 11) is -11.3. The Labute approximate surface area is 222 Å². The van der Waals surface area contributed by atoms with E-state index in [1.54, 1.807) is 5.32 Å². The van der Waals surface area contributed by atoms with Crippen molar-refractivity contribution < 1.29 is 78.2 Å². The van der Waals surface area contributed by atoms with Crippen molar-refractivity contribution in [3.8, 4) is 0 Å². The van der Waals surface area contributed by atoms with Crippen LogP contribution in [0, 0.1) is 0 Å². The van der Waals surface area contributed by atoms with E-state index < -0.39 is 100 Å². The standard InChI is InChI=1S/C9H12N2O6.C8H17NO12P2/c12-3-4-6(14)7(15)8(17-4)11-2-1-5(13)10-9(11)16;1-3(11)9-5(7(14)6(13)4(12)2-10)8(15)22(16,17)21-23(18,19)20/h1-2,4,6-8,12,14-15H,3H2,(H,10,13,16);4-7,10,12-14H,2H2,1H3,(H,9,11)(H,16,17)(H2,18,19,20)/t4-,6-,7-,8-;4-,5-,6+,7-/m11/s1. The van der Waals surface area contributed by atoms with Crippen LogP contribution in [0.4, 0.5) is 0 Å². The first-order chi connectivity index (χ1) is 18.3. The molecule has 0 aromatic carbocycles. The lowest BCUT2D eigenvalue weighted by molar-refractivity contribution is -0.132. The van der Waals surface area contributed by atoms with Crippen molar-refractivity contribution in [2.24, 2.45) is 0 Å². The molecule has 1 unspecified atom stereocenters. The number of phosphoric acid groups is 1. The number of H-pyrrole nitrogens is 1. The number of nitrogens with one attached hydrogen (secondary N) is 2. The molecule has 0 saturated carbocycles. The number of hydrogen-bond donors (Lipinski definition) is 12. The summed E-state index contributed by atoms with van der Waals surface area (Å²) in [5.74, 6) is -1.02. The van der Waals surface area contributed by atoms with E-state index in [9.17, 15) is 58.7 Å². The van der Waals surface area contributed by atoms with Crippen LogP contribution in [0.2, 0.25) is 0 Å². The van der Waals surface area contributed by atoms with Gasteiger partial charge in [0.2, 0.25) is 5.91 Å². The zero-order chi connectivity index (χ0) is 31.2. The largest absolute Gasteiger partial charge is 0.477 e. The SMILES string of the molecule is CC(=O)N[C@@H](C(=O)P(=O)(O)OP(=O)(O)O)[C@@H](O)[C@@H](O)[C@H](O)CO.O=c1ccn([C@@H]2O[C@H](CO)[C@@H](O)[C@H]2O)c(=O)[nH]1. The first kappa shape index (κ1) is 35.8. The Morgan fingerprint density at radius 1 is 1.10 bits per heavy atom. The smallest absolute Gasteiger partial charge is 0.394 e. The number of hydrogen-bond acceptors (Lipinski definition) is 15. The minimum absolute atomic E-state index is 0.479. The molecule has 12 N–H and O–H groups in total. The van der Waals surface area contributed by atoms with Crippen LogP contribution >= 0.6 is 15.4 Å². The van der Waals surface area contributed by atoms with Gasteiger partial charge < -0.3 is 60.5 Å². The second-order valence-corrected chi connectivity index (χ2v) is 11.2. The highest BCUT2D eigenvalue weighted by Crippen LogP contribution is 2.58. The van der Waals surface area contributed by atoms with E-state index in [2.05, 4.69) is 4.31 Å². The lowest BCUT2D eigenvalue weighted by Crippen LogP contribution is -2.55. The molecule has 23 heteroatoms. The number of aromatic nitrogens is 2. The van der Waals surface area contributed by atoms with Gasteiger partial charge in [-0.15, -0.1) is 0 Å². The van der Waals surface area contributed by atoms with Crippen LogP contribution in [0.1, 0.15) is 13.2 Å². The van der Waals surface area contributed by atoms with Gasteiger partial charge in [-0.2, -0.15) is 0 Å². The van der Waals surface area contributed by atoms with Crippen LogP contribution < -0.4 is 16.6 Å². The maximum atomic E-state index is 11.8. The minimum Gasteiger partial charge on any atom is -0.394 e. The van der Waals surface area contributed by atoms with E-state index in [0.29, 0.717) is 0 Å². The molecule has 0 bridgehead atoms. The van der Waals surface area contributed by atoms with Crippen LogP contribution in [0.5, 0.6) is 0 Å². The Hall–Kier alpha value is -2.20. The molecule has 1 aromatic rings. The fraction of sp³-hybridized carbons (Fsp3) is 0.647. The molecule has 1 aliphatic rings. The number of nitrogens with zero attached hydrogens (tertiary/aromatic N) is 1. The first-order valence-corrected chi connectivity index (χ1v) is 13.9. The number of aliphatic hydroxyl groups is 7. The lowest BCUT2D eigenvalue weighted by Gasteiger charge is -2.29. The molecule has 1 saturated heterocycles. The number of carbonyl (C=O) groups is 2. The van der Waals surface area contributed by atoms with Gasteiger partial charge in [-0.25, -0.2) is 13.7 Å². The second-order valence-electron chi connectivity index (χ2n) is 8.09. The van der Waals surface area contributed by atoms with Gasteiger partial charge in [-0.1, -0.05) is 0 Å². The second kappa shape index (κ2) is 14.6. The third kappa shape index (κ3) is 9.72. The Morgan fingerprint density at radius 3 is 2.10 bits per heavy atom. The summed E-state index contributed by atoms with van der Waals surface area (Å²) in [5.41, 5.74) is -3.38. The molecule has 0 aliphatic carbocycles. The molecule has 2 rings (SSSR count). The third-order valence-electron chi connectivity index (χ3n) is 5.04. The molecule has 230 valence electrons. The summed E-state index contributed by atoms with van der Waals surface area (Å²) in [6, 6.07) is -1.26. The van der Waals surface area contributed by atoms with Crippen molar-refractivity contribution in [3.05, 3.63) is 33.1 Å². The van der Waals surface area contributed by atoms with Crippen molar-refractivity contribution in [3.63, 3.8) is 0 Å². The predicted molar refractivity (Wildman–Crippen MR) is 125 cm³/mol. The maximum absolute atomic E-state index is 11.8. The van der Waals surface area contributed by atoms with Crippen LogP contribution in [0.15, 0.2) is 21.9 Å². The van der Waals surface area contributed by atoms with E-state index in [1.165, 1.54) is 0 Å². The summed E-state index contributed by atoms with van der Waals surface area (Å²) in [6.07, 6.45) is -10.2. The summed E-state index contributed by atoms with van der Waals surface area (Å²) in [5, 5.41) is 66.8. The first-order valence-electron chi connectivity index (χ1n) is 10.8. The molecule has 0 spiro atoms. The number of ether oxygens (including phenoxy) is 1. The highest BCUT2D eigenvalue weighted by atomic mass is 31.3. The Bertz CT molecular complexity index is 1230. The molecule has 2 heterocycles. The molecule has 1 fully saturated rings. The van der Waals surface area contributed by atoms with Crippen LogP contribution in [-0.2, 0) is 27.8 Å². The average molecular weight is 625 g/mol. The van der Waals surface area contributed by atoms with E-state index in [1.807, 2.05) is 4.98 Å². The zero-order valence-corrected chi connectivity index (χ0v) is 22.1. The zero-order valence-electron chi connectivity index (χ0n) is 20.3. The van der Waals surface area contributed by atoms with Gasteiger partial charge in [0.15, 0.2) is 6.23 Å². The number of aliphatic hydroxyl groups excluding tert-OH is 7. The third-order valence-corrected chi connectivity index (χ3v) is 7.61. The minimum atomic E-state index is -5.68. The summed E-state index contributed by atoms with van der Waals surface area (Å²) >= 11 is 0. The van der Waals surface area contributed by atoms with Crippen molar-refractivity contribution >= 4 is 26.8 Å². The van der Waals surface area contributed by atoms with Crippen LogP contribution in [-0.4, -0.2) is 127 Å². The van der Waals surface area contributed by atoms with Gasteiger partial charge in [0.1, 0.15) is 42.7 Å². The van der Waals surface area contributed by atoms with Gasteiger partial charge >= 0.3 is 21.1 Å². The van der Waals surface area contributed by atoms with Gasteiger partial charge in [0.25, 0.3) is 11.1 Å². The molecule has 40 heavy (non-hydrogen) atoms. The molecule has 1 amide bonds. The fourth-order valence-corrected chi connectivity index (χ4v) is 5.19. The van der Waals surface area contributed by atoms with Crippen molar-refractivity contribution in [2.75, 3.05) is 13.2 Å². The Kier molecular flexibility index (Phi) is 13.1. The number of rotatable bonds is 11. The van der Waals surface area contributed by atoms with E-state index in [0.717, 1.165) is 23.8 Å². The average Bonchev–Trinajstić information content (AvgIpc) is 3.12. The number of carbonyl (C=O) groups excluding carboxylic acids is 2. The van der Waals surface area contributed by atoms with E-state index in [4.69, 9.17) is 24.7 Å². The molecule has 1 aromatic heterocycles. The van der Waals surface area contributed by atoms with E-state index in [-0.39, 0.29) is 0 Å². The Morgan fingerprint density at radius 2 is 1.68 bits per heavy atom. The molecular formula is C17H29N3O18P2. The van der Waals surface area contributed by atoms with Gasteiger partial charge in [0, 0.05) is 19.2 Å². The van der Waals surface area contributed by atoms with Gasteiger partial charge in [-0.05, 0) is 0 Å². The topological polar surface area (TPSA) is 356 Å². The van der Waals surface area contributed by atoms with Crippen LogP contribution in [0.25, 0.3) is 0 Å². The number of aromatic amines is 1. The van der Waals surface area contributed by atoms with Crippen molar-refractivity contribution in [1.29, 1.82) is 0 Å². The van der Waals surface area contributed by atoms with Gasteiger partial charge in [-0.3, -0.25) is 28.5 Å². The highest BCUT2D eigenvalue weighted by Gasteiger charge is 2.47. The van der Waals surface area contributed by atoms with Crippen LogP contribution in [0.3, 0.4) is 0 Å². The normalized spacial score (nSPS) is 25.5. The highest BCUT2D eigenvalue weighted by molar-refractivity contribution is 7.76. The predicted octanol–water partition coefficient (Wildman–Crippen LogP) is -6.46. The summed E-state index contributed by atoms with van der Waals surface area (Å²) in [6.45, 7) is -0.713. The quantitative estimate of drug-likeness (QED) is 0.102. The van der Waals surface area contributed by atoms with Crippen molar-refractivity contribution in [2.45, 2.75) is 55.8 Å². The van der Waals surface area contributed by atoms with Crippen molar-refractivity contribution in [1.82, 2.24) is 14.9 Å². The monoisotopic (exact) mass is 625 g/mol. The molecule has 1 aliphatic heterocycles. The molecule has 9 atom stereocenters. The molecular weight excluding hydrogens is 596 g/mol. The van der Waals surface area contributed by atoms with Gasteiger partial charge in [0.05, 0.1) is 13.2 Å². The number of amides is 1. The summed E-state index contributed by atoms with van der Waals surface area (Å²) < 4.78 is 31.6. The Balaban J connectivity index is 0.000000415. The summed E-state index contributed by atoms with van der Waals surface area (Å²) in [4.78, 5) is 73.3. The maximum Gasteiger partial charge on any atom is 0.477 e. The molecule has 21 nitrogen and oxygen atoms in total.